The maximum Gasteiger partial charge on any atom is 0.235 e. The van der Waals surface area contributed by atoms with E-state index in [4.69, 9.17) is 11.6 Å². The van der Waals surface area contributed by atoms with Crippen molar-refractivity contribution in [3.63, 3.8) is 0 Å². The van der Waals surface area contributed by atoms with Crippen LogP contribution in [0.5, 0.6) is 0 Å². The summed E-state index contributed by atoms with van der Waals surface area (Å²) in [5.41, 5.74) is 1.11. The third kappa shape index (κ3) is 2.39. The van der Waals surface area contributed by atoms with Crippen LogP contribution in [0.15, 0.2) is 28.1 Å². The summed E-state index contributed by atoms with van der Waals surface area (Å²) >= 11 is 10.6. The number of nitrogens with one attached hydrogen (secondary N) is 1. The number of fused-ring (bicyclic) bond motifs is 1. The number of rotatable bonds is 3. The summed E-state index contributed by atoms with van der Waals surface area (Å²) in [6.45, 7) is 0.510. The summed E-state index contributed by atoms with van der Waals surface area (Å²) in [5.74, 6) is -0.150. The second kappa shape index (κ2) is 5.17. The lowest BCUT2D eigenvalue weighted by molar-refractivity contribution is -0.118. The summed E-state index contributed by atoms with van der Waals surface area (Å²) in [6.07, 6.45) is 0. The molecule has 0 atom stereocenters. The van der Waals surface area contributed by atoms with Gasteiger partial charge in [0.05, 0.1) is 3.79 Å². The average Bonchev–Trinajstić information content (AvgIpc) is 2.62. The number of carbonyl (C=O) groups is 1. The molecule has 2 aromatic rings. The number of hydrogen-bond acceptors (Lipinski definition) is 2. The second-order valence-corrected chi connectivity index (χ2v) is 5.90. The lowest BCUT2D eigenvalue weighted by atomic mass is 10.2. The van der Waals surface area contributed by atoms with E-state index in [-0.39, 0.29) is 11.8 Å². The predicted molar refractivity (Wildman–Crippen MR) is 72.1 cm³/mol. The highest BCUT2D eigenvalue weighted by atomic mass is 79.9. The van der Waals surface area contributed by atoms with Gasteiger partial charge < -0.3 is 5.32 Å². The van der Waals surface area contributed by atoms with Gasteiger partial charge in [0, 0.05) is 16.8 Å². The molecule has 0 bridgehead atoms. The fraction of sp³-hybridized carbons (Fsp3) is 0.182. The Morgan fingerprint density at radius 3 is 2.94 bits per heavy atom. The Hall–Kier alpha value is -0.580. The van der Waals surface area contributed by atoms with Crippen LogP contribution in [0.3, 0.4) is 0 Å². The minimum atomic E-state index is -0.149. The van der Waals surface area contributed by atoms with Crippen molar-refractivity contribution >= 4 is 54.9 Å². The van der Waals surface area contributed by atoms with E-state index in [0.717, 1.165) is 9.35 Å². The molecule has 1 N–H and O–H groups in total. The number of alkyl halides is 1. The van der Waals surface area contributed by atoms with E-state index in [1.807, 2.05) is 12.1 Å². The van der Waals surface area contributed by atoms with Gasteiger partial charge >= 0.3 is 0 Å². The number of benzene rings is 1. The minimum Gasteiger partial charge on any atom is -0.351 e. The number of hydrogen-bond donors (Lipinski definition) is 1. The first-order valence-electron chi connectivity index (χ1n) is 4.71. The van der Waals surface area contributed by atoms with Gasteiger partial charge in [0.2, 0.25) is 5.91 Å². The first-order valence-corrected chi connectivity index (χ1v) is 6.85. The number of halogens is 2. The predicted octanol–water partition coefficient (Wildman–Crippen LogP) is 3.52. The van der Waals surface area contributed by atoms with Crippen molar-refractivity contribution in [2.24, 2.45) is 0 Å². The Balaban J connectivity index is 2.29. The van der Waals surface area contributed by atoms with Gasteiger partial charge in [0.25, 0.3) is 0 Å². The molecule has 1 heterocycles. The quantitative estimate of drug-likeness (QED) is 0.862. The zero-order chi connectivity index (χ0) is 11.5. The maximum absolute atomic E-state index is 11.1. The third-order valence-electron chi connectivity index (χ3n) is 2.23. The first-order chi connectivity index (χ1) is 7.72. The van der Waals surface area contributed by atoms with Gasteiger partial charge in [-0.1, -0.05) is 18.2 Å². The lowest BCUT2D eigenvalue weighted by Gasteiger charge is -2.02. The van der Waals surface area contributed by atoms with Crippen LogP contribution in [0, 0.1) is 0 Å². The van der Waals surface area contributed by atoms with Gasteiger partial charge in [-0.2, -0.15) is 0 Å². The van der Waals surface area contributed by atoms with Crippen molar-refractivity contribution < 1.29 is 4.79 Å². The molecule has 0 unspecified atom stereocenters. The molecule has 0 spiro atoms. The van der Waals surface area contributed by atoms with Crippen LogP contribution >= 0.6 is 38.9 Å². The van der Waals surface area contributed by atoms with E-state index in [1.165, 1.54) is 10.1 Å². The molecule has 0 aliphatic rings. The van der Waals surface area contributed by atoms with Crippen LogP contribution in [0.1, 0.15) is 5.56 Å². The summed E-state index contributed by atoms with van der Waals surface area (Å²) in [5, 5.41) is 3.95. The summed E-state index contributed by atoms with van der Waals surface area (Å²) in [4.78, 5) is 11.1. The normalized spacial score (nSPS) is 10.6. The summed E-state index contributed by atoms with van der Waals surface area (Å²) in [6, 6.07) is 8.12. The van der Waals surface area contributed by atoms with Gasteiger partial charge in [-0.3, -0.25) is 4.79 Å². The molecule has 16 heavy (non-hydrogen) atoms. The number of thiophene rings is 1. The highest BCUT2D eigenvalue weighted by Crippen LogP contribution is 2.35. The fourth-order valence-corrected chi connectivity index (χ4v) is 3.39. The Morgan fingerprint density at radius 1 is 1.44 bits per heavy atom. The minimum absolute atomic E-state index is 0.000309. The van der Waals surface area contributed by atoms with E-state index in [9.17, 15) is 4.79 Å². The van der Waals surface area contributed by atoms with Gasteiger partial charge in [0.15, 0.2) is 0 Å². The molecule has 2 rings (SSSR count). The molecule has 84 valence electrons. The van der Waals surface area contributed by atoms with Gasteiger partial charge in [0.1, 0.15) is 5.88 Å². The molecule has 0 aliphatic heterocycles. The van der Waals surface area contributed by atoms with E-state index >= 15 is 0 Å². The van der Waals surface area contributed by atoms with Crippen molar-refractivity contribution in [1.29, 1.82) is 0 Å². The second-order valence-electron chi connectivity index (χ2n) is 3.26. The van der Waals surface area contributed by atoms with Gasteiger partial charge in [-0.05, 0) is 27.4 Å². The largest absolute Gasteiger partial charge is 0.351 e. The molecule has 0 aliphatic carbocycles. The molecule has 0 fully saturated rings. The Kier molecular flexibility index (Phi) is 3.84. The lowest BCUT2D eigenvalue weighted by Crippen LogP contribution is -2.23. The topological polar surface area (TPSA) is 29.1 Å². The molecule has 0 radical (unpaired) electrons. The molecular formula is C11H9BrClNOS. The molecule has 1 aromatic heterocycles. The van der Waals surface area contributed by atoms with Crippen LogP contribution in [0.2, 0.25) is 0 Å². The van der Waals surface area contributed by atoms with E-state index in [2.05, 4.69) is 33.4 Å². The van der Waals surface area contributed by atoms with E-state index in [1.54, 1.807) is 11.3 Å². The van der Waals surface area contributed by atoms with Crippen LogP contribution in [0.4, 0.5) is 0 Å². The van der Waals surface area contributed by atoms with Crippen molar-refractivity contribution in [3.8, 4) is 0 Å². The smallest absolute Gasteiger partial charge is 0.235 e. The maximum atomic E-state index is 11.1. The Morgan fingerprint density at radius 2 is 2.19 bits per heavy atom. The Labute approximate surface area is 111 Å². The zero-order valence-corrected chi connectivity index (χ0v) is 11.5. The van der Waals surface area contributed by atoms with Crippen LogP contribution in [0.25, 0.3) is 10.1 Å². The van der Waals surface area contributed by atoms with Crippen molar-refractivity contribution in [2.75, 3.05) is 5.88 Å². The van der Waals surface area contributed by atoms with Gasteiger partial charge in [-0.15, -0.1) is 22.9 Å². The van der Waals surface area contributed by atoms with Crippen LogP contribution < -0.4 is 5.32 Å². The molecule has 2 nitrogen and oxygen atoms in total. The standard InChI is InChI=1S/C11H9BrClNOS/c12-11-8(6-14-10(15)5-13)7-3-1-2-4-9(7)16-11/h1-4H,5-6H2,(H,14,15). The zero-order valence-electron chi connectivity index (χ0n) is 8.30. The SMILES string of the molecule is O=C(CCl)NCc1c(Br)sc2ccccc12. The van der Waals surface area contributed by atoms with E-state index in [0.29, 0.717) is 6.54 Å². The van der Waals surface area contributed by atoms with Crippen LogP contribution in [-0.4, -0.2) is 11.8 Å². The van der Waals surface area contributed by atoms with Gasteiger partial charge in [-0.25, -0.2) is 0 Å². The molecule has 5 heteroatoms. The first kappa shape index (κ1) is 11.9. The number of amides is 1. The van der Waals surface area contributed by atoms with Crippen molar-refractivity contribution in [1.82, 2.24) is 5.32 Å². The molecule has 0 saturated carbocycles. The molecule has 0 saturated heterocycles. The van der Waals surface area contributed by atoms with Crippen LogP contribution in [-0.2, 0) is 11.3 Å². The van der Waals surface area contributed by atoms with Crippen molar-refractivity contribution in [2.45, 2.75) is 6.54 Å². The highest BCUT2D eigenvalue weighted by molar-refractivity contribution is 9.11. The molecule has 1 aromatic carbocycles. The van der Waals surface area contributed by atoms with Crippen molar-refractivity contribution in [3.05, 3.63) is 33.6 Å². The Bertz CT molecular complexity index is 526. The highest BCUT2D eigenvalue weighted by Gasteiger charge is 2.10. The number of carbonyl (C=O) groups excluding carboxylic acids is 1. The molecular weight excluding hydrogens is 310 g/mol. The summed E-state index contributed by atoms with van der Waals surface area (Å²) in [7, 11) is 0. The monoisotopic (exact) mass is 317 g/mol. The average molecular weight is 319 g/mol. The fourth-order valence-electron chi connectivity index (χ4n) is 1.47. The third-order valence-corrected chi connectivity index (χ3v) is 4.44. The summed E-state index contributed by atoms with van der Waals surface area (Å²) < 4.78 is 2.27. The van der Waals surface area contributed by atoms with E-state index < -0.39 is 0 Å². The molecule has 1 amide bonds.